The zero-order valence-corrected chi connectivity index (χ0v) is 11.6. The van der Waals surface area contributed by atoms with Gasteiger partial charge in [0.1, 0.15) is 6.54 Å². The maximum Gasteiger partial charge on any atom is 0.104 e. The van der Waals surface area contributed by atoms with Gasteiger partial charge in [-0.15, -0.1) is 0 Å². The predicted molar refractivity (Wildman–Crippen MR) is 71.5 cm³/mol. The Morgan fingerprint density at radius 3 is 2.06 bits per heavy atom. The summed E-state index contributed by atoms with van der Waals surface area (Å²) in [4.78, 5) is 0. The second-order valence-electron chi connectivity index (χ2n) is 5.88. The molecule has 1 rings (SSSR count). The summed E-state index contributed by atoms with van der Waals surface area (Å²) in [6, 6.07) is 9.49. The fraction of sp³-hybridized carbons (Fsp3) is 0.600. The molecular formula is C15H26N+. The van der Waals surface area contributed by atoms with Crippen LogP contribution in [0, 0.1) is 0 Å². The first kappa shape index (κ1) is 13.2. The molecule has 0 saturated carbocycles. The molecule has 0 unspecified atom stereocenters. The fourth-order valence-corrected chi connectivity index (χ4v) is 1.86. The minimum Gasteiger partial charge on any atom is -0.323 e. The van der Waals surface area contributed by atoms with E-state index in [1.807, 2.05) is 0 Å². The van der Waals surface area contributed by atoms with Gasteiger partial charge in [0.25, 0.3) is 0 Å². The van der Waals surface area contributed by atoms with E-state index >= 15 is 0 Å². The third kappa shape index (κ3) is 3.08. The van der Waals surface area contributed by atoms with Crippen molar-refractivity contribution in [2.45, 2.75) is 46.2 Å². The van der Waals surface area contributed by atoms with E-state index < -0.39 is 0 Å². The molecule has 0 atom stereocenters. The van der Waals surface area contributed by atoms with Gasteiger partial charge in [-0.3, -0.25) is 0 Å². The number of hydrogen-bond acceptors (Lipinski definition) is 0. The molecule has 0 N–H and O–H groups in total. The molecule has 0 aliphatic rings. The Morgan fingerprint density at radius 1 is 1.00 bits per heavy atom. The van der Waals surface area contributed by atoms with Crippen LogP contribution < -0.4 is 0 Å². The third-order valence-electron chi connectivity index (χ3n) is 3.65. The highest BCUT2D eigenvalue weighted by atomic mass is 15.3. The van der Waals surface area contributed by atoms with E-state index in [0.717, 1.165) is 11.0 Å². The smallest absolute Gasteiger partial charge is 0.104 e. The summed E-state index contributed by atoms with van der Waals surface area (Å²) in [5, 5.41) is 0. The van der Waals surface area contributed by atoms with Crippen LogP contribution in [0.25, 0.3) is 0 Å². The van der Waals surface area contributed by atoms with Gasteiger partial charge in [-0.05, 0) is 25.3 Å². The Bertz CT molecular complexity index is 337. The van der Waals surface area contributed by atoms with Gasteiger partial charge in [-0.1, -0.05) is 38.1 Å². The molecular weight excluding hydrogens is 194 g/mol. The van der Waals surface area contributed by atoms with Crippen molar-refractivity contribution >= 4 is 0 Å². The summed E-state index contributed by atoms with van der Waals surface area (Å²) in [6.07, 6.45) is 0. The summed E-state index contributed by atoms with van der Waals surface area (Å²) in [5.41, 5.74) is 2.99. The van der Waals surface area contributed by atoms with Crippen LogP contribution >= 0.6 is 0 Å². The van der Waals surface area contributed by atoms with Crippen molar-refractivity contribution in [2.24, 2.45) is 0 Å². The van der Waals surface area contributed by atoms with E-state index in [0.29, 0.717) is 12.0 Å². The lowest BCUT2D eigenvalue weighted by molar-refractivity contribution is -0.924. The molecule has 16 heavy (non-hydrogen) atoms. The van der Waals surface area contributed by atoms with E-state index in [-0.39, 0.29) is 0 Å². The Morgan fingerprint density at radius 2 is 1.56 bits per heavy atom. The second kappa shape index (κ2) is 5.01. The molecule has 0 aliphatic heterocycles. The van der Waals surface area contributed by atoms with E-state index in [1.54, 1.807) is 0 Å². The molecule has 1 nitrogen and oxygen atoms in total. The predicted octanol–water partition coefficient (Wildman–Crippen LogP) is 3.79. The maximum absolute atomic E-state index is 2.31. The quantitative estimate of drug-likeness (QED) is 0.677. The first-order valence-corrected chi connectivity index (χ1v) is 6.25. The number of rotatable bonds is 4. The Labute approximate surface area is 101 Å². The van der Waals surface area contributed by atoms with Crippen molar-refractivity contribution in [3.05, 3.63) is 35.4 Å². The molecule has 1 aromatic rings. The minimum atomic E-state index is 0.614. The number of benzene rings is 1. The van der Waals surface area contributed by atoms with Crippen LogP contribution in [-0.2, 0) is 6.54 Å². The van der Waals surface area contributed by atoms with Crippen molar-refractivity contribution in [3.8, 4) is 0 Å². The normalized spacial score (nSPS) is 12.5. The van der Waals surface area contributed by atoms with Crippen LogP contribution in [0.2, 0.25) is 0 Å². The lowest BCUT2D eigenvalue weighted by atomic mass is 9.96. The summed E-state index contributed by atoms with van der Waals surface area (Å²) in [7, 11) is 4.61. The van der Waals surface area contributed by atoms with Crippen LogP contribution in [0.15, 0.2) is 24.3 Å². The topological polar surface area (TPSA) is 0 Å². The minimum absolute atomic E-state index is 0.614. The Hall–Kier alpha value is -0.820. The van der Waals surface area contributed by atoms with Gasteiger partial charge in [0.2, 0.25) is 0 Å². The SMILES string of the molecule is CC(C)c1ccccc1C[N+](C)(C)C(C)C. The lowest BCUT2D eigenvalue weighted by Crippen LogP contribution is -2.45. The first-order chi connectivity index (χ1) is 7.34. The Balaban J connectivity index is 2.97. The van der Waals surface area contributed by atoms with Crippen LogP contribution in [-0.4, -0.2) is 24.6 Å². The van der Waals surface area contributed by atoms with E-state index in [1.165, 1.54) is 11.1 Å². The van der Waals surface area contributed by atoms with Gasteiger partial charge in [0.05, 0.1) is 20.1 Å². The monoisotopic (exact) mass is 220 g/mol. The molecule has 1 heteroatoms. The standard InChI is InChI=1S/C15H26N/c1-12(2)15-10-8-7-9-14(15)11-16(5,6)13(3)4/h7-10,12-13H,11H2,1-6H3/q+1. The number of nitrogens with zero attached hydrogens (tertiary/aromatic N) is 1. The fourth-order valence-electron chi connectivity index (χ4n) is 1.86. The number of hydrogen-bond donors (Lipinski definition) is 0. The van der Waals surface area contributed by atoms with Crippen molar-refractivity contribution in [2.75, 3.05) is 14.1 Å². The zero-order chi connectivity index (χ0) is 12.3. The summed E-state index contributed by atoms with van der Waals surface area (Å²) in [5.74, 6) is 0.614. The third-order valence-corrected chi connectivity index (χ3v) is 3.65. The van der Waals surface area contributed by atoms with Crippen molar-refractivity contribution < 1.29 is 4.48 Å². The maximum atomic E-state index is 2.31. The molecule has 0 spiro atoms. The van der Waals surface area contributed by atoms with Crippen LogP contribution in [0.5, 0.6) is 0 Å². The highest BCUT2D eigenvalue weighted by molar-refractivity contribution is 5.29. The highest BCUT2D eigenvalue weighted by Gasteiger charge is 2.21. The molecule has 0 aliphatic carbocycles. The Kier molecular flexibility index (Phi) is 4.15. The van der Waals surface area contributed by atoms with E-state index in [2.05, 4.69) is 66.1 Å². The van der Waals surface area contributed by atoms with Crippen LogP contribution in [0.3, 0.4) is 0 Å². The molecule has 0 amide bonds. The van der Waals surface area contributed by atoms with Crippen LogP contribution in [0.4, 0.5) is 0 Å². The van der Waals surface area contributed by atoms with Gasteiger partial charge in [-0.2, -0.15) is 0 Å². The molecule has 90 valence electrons. The molecule has 1 aromatic carbocycles. The molecule has 0 bridgehead atoms. The lowest BCUT2D eigenvalue weighted by Gasteiger charge is -2.35. The van der Waals surface area contributed by atoms with Crippen LogP contribution in [0.1, 0.15) is 44.7 Å². The molecule has 0 saturated heterocycles. The van der Waals surface area contributed by atoms with Gasteiger partial charge in [0, 0.05) is 5.56 Å². The highest BCUT2D eigenvalue weighted by Crippen LogP contribution is 2.23. The van der Waals surface area contributed by atoms with Gasteiger partial charge < -0.3 is 4.48 Å². The van der Waals surface area contributed by atoms with Crippen molar-refractivity contribution in [3.63, 3.8) is 0 Å². The van der Waals surface area contributed by atoms with E-state index in [4.69, 9.17) is 0 Å². The molecule has 0 heterocycles. The van der Waals surface area contributed by atoms with Gasteiger partial charge in [-0.25, -0.2) is 0 Å². The van der Waals surface area contributed by atoms with Gasteiger partial charge in [0.15, 0.2) is 0 Å². The molecule has 0 fully saturated rings. The van der Waals surface area contributed by atoms with E-state index in [9.17, 15) is 0 Å². The zero-order valence-electron chi connectivity index (χ0n) is 11.6. The summed E-state index contributed by atoms with van der Waals surface area (Å²) >= 11 is 0. The summed E-state index contributed by atoms with van der Waals surface area (Å²) < 4.78 is 1.05. The summed E-state index contributed by atoms with van der Waals surface area (Å²) in [6.45, 7) is 10.2. The van der Waals surface area contributed by atoms with Crippen molar-refractivity contribution in [1.82, 2.24) is 0 Å². The van der Waals surface area contributed by atoms with Crippen molar-refractivity contribution in [1.29, 1.82) is 0 Å². The largest absolute Gasteiger partial charge is 0.323 e. The average Bonchev–Trinajstić information content (AvgIpc) is 2.17. The molecule has 0 aromatic heterocycles. The average molecular weight is 220 g/mol. The first-order valence-electron chi connectivity index (χ1n) is 6.25. The number of quaternary nitrogens is 1. The molecule has 0 radical (unpaired) electrons. The van der Waals surface area contributed by atoms with Gasteiger partial charge >= 0.3 is 0 Å². The second-order valence-corrected chi connectivity index (χ2v) is 5.88.